The van der Waals surface area contributed by atoms with E-state index in [0.29, 0.717) is 0 Å². The lowest BCUT2D eigenvalue weighted by molar-refractivity contribution is 0.0697. The van der Waals surface area contributed by atoms with Gasteiger partial charge in [0.2, 0.25) is 0 Å². The molecule has 1 N–H and O–H groups in total. The largest absolute Gasteiger partial charge is 0.491 e. The van der Waals surface area contributed by atoms with Crippen molar-refractivity contribution >= 4 is 29.2 Å². The molecule has 4 aromatic rings. The fourth-order valence-electron chi connectivity index (χ4n) is 3.23. The topological polar surface area (TPSA) is 64.4 Å². The Kier molecular flexibility index (Phi) is 5.35. The standard InChI is InChI=1S/C25H22N2O3/c1-17(2)30-22-12-10-21(11-13-22)27-16-26-23-15-19(7-14-24(23)27)4-3-18-5-8-20(9-6-18)25(28)29/h3-17H,1-2H3,(H,28,29)/b4-3-. The SMILES string of the molecule is CC(C)Oc1ccc(-n2cnc3cc(/C=C\c4ccc(C(=O)O)cc4)ccc32)cc1. The minimum atomic E-state index is -0.923. The summed E-state index contributed by atoms with van der Waals surface area (Å²) in [6.45, 7) is 4.02. The van der Waals surface area contributed by atoms with Crippen molar-refractivity contribution in [1.29, 1.82) is 0 Å². The highest BCUT2D eigenvalue weighted by molar-refractivity contribution is 5.88. The quantitative estimate of drug-likeness (QED) is 0.424. The molecule has 1 heterocycles. The molecule has 0 radical (unpaired) electrons. The molecular formula is C25H22N2O3. The van der Waals surface area contributed by atoms with Crippen molar-refractivity contribution in [2.75, 3.05) is 0 Å². The zero-order valence-corrected chi connectivity index (χ0v) is 16.8. The molecule has 0 atom stereocenters. The first-order chi connectivity index (χ1) is 14.5. The summed E-state index contributed by atoms with van der Waals surface area (Å²) in [6.07, 6.45) is 5.91. The number of benzene rings is 3. The molecule has 0 spiro atoms. The number of carbonyl (C=O) groups is 1. The van der Waals surface area contributed by atoms with Crippen LogP contribution in [-0.4, -0.2) is 26.7 Å². The summed E-state index contributed by atoms with van der Waals surface area (Å²) in [5.74, 6) is -0.0735. The number of aromatic carboxylic acids is 1. The fourth-order valence-corrected chi connectivity index (χ4v) is 3.23. The second kappa shape index (κ2) is 8.25. The van der Waals surface area contributed by atoms with Gasteiger partial charge in [0, 0.05) is 5.69 Å². The van der Waals surface area contributed by atoms with Gasteiger partial charge in [-0.1, -0.05) is 30.4 Å². The molecule has 0 aliphatic carbocycles. The van der Waals surface area contributed by atoms with Crippen LogP contribution in [0.15, 0.2) is 73.1 Å². The molecule has 0 amide bonds. The molecule has 3 aromatic carbocycles. The van der Waals surface area contributed by atoms with E-state index in [9.17, 15) is 4.79 Å². The number of hydrogen-bond donors (Lipinski definition) is 1. The van der Waals surface area contributed by atoms with Gasteiger partial charge in [0.25, 0.3) is 0 Å². The molecule has 150 valence electrons. The van der Waals surface area contributed by atoms with Crippen molar-refractivity contribution < 1.29 is 14.6 Å². The van der Waals surface area contributed by atoms with E-state index >= 15 is 0 Å². The Morgan fingerprint density at radius 1 is 0.967 bits per heavy atom. The molecule has 30 heavy (non-hydrogen) atoms. The summed E-state index contributed by atoms with van der Waals surface area (Å²) in [7, 11) is 0. The Balaban J connectivity index is 1.55. The molecule has 4 rings (SSSR count). The van der Waals surface area contributed by atoms with Gasteiger partial charge in [-0.25, -0.2) is 9.78 Å². The molecular weight excluding hydrogens is 376 g/mol. The molecule has 0 saturated heterocycles. The highest BCUT2D eigenvalue weighted by Gasteiger charge is 2.06. The van der Waals surface area contributed by atoms with Crippen LogP contribution >= 0.6 is 0 Å². The van der Waals surface area contributed by atoms with Gasteiger partial charge in [-0.2, -0.15) is 0 Å². The van der Waals surface area contributed by atoms with E-state index in [1.807, 2.05) is 79.4 Å². The second-order valence-corrected chi connectivity index (χ2v) is 7.28. The van der Waals surface area contributed by atoms with Crippen molar-refractivity contribution in [2.45, 2.75) is 20.0 Å². The number of imidazole rings is 1. The Bertz CT molecular complexity index is 1200. The Morgan fingerprint density at radius 2 is 1.63 bits per heavy atom. The monoisotopic (exact) mass is 398 g/mol. The number of carboxylic acid groups (broad SMARTS) is 1. The predicted molar refractivity (Wildman–Crippen MR) is 119 cm³/mol. The van der Waals surface area contributed by atoms with Crippen molar-refractivity contribution in [3.05, 3.63) is 89.7 Å². The third-order valence-electron chi connectivity index (χ3n) is 4.68. The summed E-state index contributed by atoms with van der Waals surface area (Å²) >= 11 is 0. The van der Waals surface area contributed by atoms with Gasteiger partial charge in [-0.15, -0.1) is 0 Å². The number of rotatable bonds is 6. The smallest absolute Gasteiger partial charge is 0.335 e. The Hall–Kier alpha value is -3.86. The van der Waals surface area contributed by atoms with Gasteiger partial charge < -0.3 is 9.84 Å². The molecule has 0 bridgehead atoms. The normalized spacial score (nSPS) is 11.4. The first-order valence-electron chi connectivity index (χ1n) is 9.75. The zero-order chi connectivity index (χ0) is 21.1. The number of nitrogens with zero attached hydrogens (tertiary/aromatic N) is 2. The molecule has 0 aliphatic heterocycles. The third kappa shape index (κ3) is 4.25. The van der Waals surface area contributed by atoms with Gasteiger partial charge in [0.05, 0.1) is 22.7 Å². The van der Waals surface area contributed by atoms with Crippen LogP contribution in [0.5, 0.6) is 5.75 Å². The van der Waals surface area contributed by atoms with Crippen molar-refractivity contribution in [3.8, 4) is 11.4 Å². The number of fused-ring (bicyclic) bond motifs is 1. The molecule has 0 aliphatic rings. The van der Waals surface area contributed by atoms with Crippen LogP contribution in [0.3, 0.4) is 0 Å². The summed E-state index contributed by atoms with van der Waals surface area (Å²) in [6, 6.07) is 20.9. The highest BCUT2D eigenvalue weighted by atomic mass is 16.5. The molecule has 1 aromatic heterocycles. The summed E-state index contributed by atoms with van der Waals surface area (Å²) in [4.78, 5) is 15.5. The minimum absolute atomic E-state index is 0.145. The predicted octanol–water partition coefficient (Wildman–Crippen LogP) is 5.68. The summed E-state index contributed by atoms with van der Waals surface area (Å²) in [5.41, 5.74) is 5.19. The van der Waals surface area contributed by atoms with Crippen LogP contribution in [0, 0.1) is 0 Å². The number of ether oxygens (including phenoxy) is 1. The average Bonchev–Trinajstić information content (AvgIpc) is 3.16. The Labute approximate surface area is 174 Å². The lowest BCUT2D eigenvalue weighted by Gasteiger charge is -2.10. The third-order valence-corrected chi connectivity index (χ3v) is 4.68. The summed E-state index contributed by atoms with van der Waals surface area (Å²) < 4.78 is 7.76. The van der Waals surface area contributed by atoms with E-state index in [1.165, 1.54) is 0 Å². The first kappa shape index (κ1) is 19.5. The van der Waals surface area contributed by atoms with Crippen LogP contribution in [0.2, 0.25) is 0 Å². The van der Waals surface area contributed by atoms with E-state index in [4.69, 9.17) is 9.84 Å². The lowest BCUT2D eigenvalue weighted by Crippen LogP contribution is -2.05. The van der Waals surface area contributed by atoms with Crippen molar-refractivity contribution in [3.63, 3.8) is 0 Å². The van der Waals surface area contributed by atoms with Crippen LogP contribution < -0.4 is 4.74 Å². The van der Waals surface area contributed by atoms with E-state index in [0.717, 1.165) is 33.6 Å². The molecule has 0 fully saturated rings. The number of aromatic nitrogens is 2. The summed E-state index contributed by atoms with van der Waals surface area (Å²) in [5, 5.41) is 8.98. The zero-order valence-electron chi connectivity index (χ0n) is 16.8. The van der Waals surface area contributed by atoms with Crippen LogP contribution in [0.1, 0.15) is 35.3 Å². The number of hydrogen-bond acceptors (Lipinski definition) is 3. The molecule has 5 heteroatoms. The molecule has 0 unspecified atom stereocenters. The first-order valence-corrected chi connectivity index (χ1v) is 9.75. The van der Waals surface area contributed by atoms with E-state index < -0.39 is 5.97 Å². The van der Waals surface area contributed by atoms with Crippen LogP contribution in [0.4, 0.5) is 0 Å². The Morgan fingerprint density at radius 3 is 2.30 bits per heavy atom. The maximum Gasteiger partial charge on any atom is 0.335 e. The van der Waals surface area contributed by atoms with Crippen LogP contribution in [-0.2, 0) is 0 Å². The fraction of sp³-hybridized carbons (Fsp3) is 0.120. The van der Waals surface area contributed by atoms with Crippen molar-refractivity contribution in [1.82, 2.24) is 9.55 Å². The van der Waals surface area contributed by atoms with Gasteiger partial charge in [-0.05, 0) is 73.5 Å². The van der Waals surface area contributed by atoms with Gasteiger partial charge >= 0.3 is 5.97 Å². The highest BCUT2D eigenvalue weighted by Crippen LogP contribution is 2.23. The van der Waals surface area contributed by atoms with Crippen LogP contribution in [0.25, 0.3) is 28.9 Å². The molecule has 5 nitrogen and oxygen atoms in total. The number of carboxylic acids is 1. The van der Waals surface area contributed by atoms with Crippen molar-refractivity contribution in [2.24, 2.45) is 0 Å². The van der Waals surface area contributed by atoms with E-state index in [-0.39, 0.29) is 11.7 Å². The lowest BCUT2D eigenvalue weighted by atomic mass is 10.1. The van der Waals surface area contributed by atoms with Gasteiger partial charge in [0.15, 0.2) is 0 Å². The minimum Gasteiger partial charge on any atom is -0.491 e. The van der Waals surface area contributed by atoms with E-state index in [2.05, 4.69) is 4.98 Å². The second-order valence-electron chi connectivity index (χ2n) is 7.28. The van der Waals surface area contributed by atoms with Gasteiger partial charge in [0.1, 0.15) is 12.1 Å². The maximum absolute atomic E-state index is 10.9. The van der Waals surface area contributed by atoms with E-state index in [1.54, 1.807) is 24.3 Å². The van der Waals surface area contributed by atoms with Gasteiger partial charge in [-0.3, -0.25) is 4.57 Å². The maximum atomic E-state index is 10.9. The average molecular weight is 398 g/mol. The molecule has 0 saturated carbocycles.